The molecule has 2 N–H and O–H groups in total. The molecule has 0 saturated carbocycles. The highest BCUT2D eigenvalue weighted by atomic mass is 79.9. The van der Waals surface area contributed by atoms with Crippen LogP contribution < -0.4 is 0 Å². The minimum atomic E-state index is -0.640. The Morgan fingerprint density at radius 2 is 1.55 bits per heavy atom. The zero-order chi connectivity index (χ0) is 14.6. The molecule has 0 unspecified atom stereocenters. The van der Waals surface area contributed by atoms with Crippen LogP contribution in [-0.4, -0.2) is 23.4 Å². The molecule has 0 radical (unpaired) electrons. The third-order valence-electron chi connectivity index (χ3n) is 3.78. The van der Waals surface area contributed by atoms with E-state index in [4.69, 9.17) is 0 Å². The summed E-state index contributed by atoms with van der Waals surface area (Å²) >= 11 is 3.42. The standard InChI is InChI=1S/C17H19BrO2/c1-13-4-2-3-5-16(13)17(11-19,12-20)10-14-6-8-15(18)9-7-14/h2-9,19-20H,10-12H2,1H3. The van der Waals surface area contributed by atoms with Gasteiger partial charge in [0.25, 0.3) is 0 Å². The van der Waals surface area contributed by atoms with Crippen molar-refractivity contribution in [2.45, 2.75) is 18.8 Å². The van der Waals surface area contributed by atoms with E-state index in [0.717, 1.165) is 21.2 Å². The van der Waals surface area contributed by atoms with E-state index in [9.17, 15) is 10.2 Å². The Bertz CT molecular complexity index is 559. The summed E-state index contributed by atoms with van der Waals surface area (Å²) in [7, 11) is 0. The minimum absolute atomic E-state index is 0.0790. The number of halogens is 1. The molecule has 2 aromatic carbocycles. The summed E-state index contributed by atoms with van der Waals surface area (Å²) in [5.41, 5.74) is 2.55. The van der Waals surface area contributed by atoms with Crippen LogP contribution in [0.4, 0.5) is 0 Å². The molecule has 0 fully saturated rings. The molecule has 0 aliphatic heterocycles. The lowest BCUT2D eigenvalue weighted by Crippen LogP contribution is -2.38. The fourth-order valence-corrected chi connectivity index (χ4v) is 2.85. The van der Waals surface area contributed by atoms with E-state index in [1.165, 1.54) is 0 Å². The molecule has 0 bridgehead atoms. The van der Waals surface area contributed by atoms with Crippen LogP contribution >= 0.6 is 15.9 Å². The lowest BCUT2D eigenvalue weighted by Gasteiger charge is -2.32. The first-order valence-electron chi connectivity index (χ1n) is 6.63. The summed E-state index contributed by atoms with van der Waals surface area (Å²) in [5, 5.41) is 19.8. The molecule has 0 aromatic heterocycles. The molecule has 0 amide bonds. The van der Waals surface area contributed by atoms with Crippen molar-refractivity contribution in [1.29, 1.82) is 0 Å². The summed E-state index contributed by atoms with van der Waals surface area (Å²) < 4.78 is 1.02. The third-order valence-corrected chi connectivity index (χ3v) is 4.31. The van der Waals surface area contributed by atoms with Crippen molar-refractivity contribution in [2.24, 2.45) is 0 Å². The smallest absolute Gasteiger partial charge is 0.0553 e. The first kappa shape index (κ1) is 15.2. The van der Waals surface area contributed by atoms with Crippen LogP contribution in [0.3, 0.4) is 0 Å². The van der Waals surface area contributed by atoms with Gasteiger partial charge in [-0.2, -0.15) is 0 Å². The molecule has 20 heavy (non-hydrogen) atoms. The van der Waals surface area contributed by atoms with Gasteiger partial charge < -0.3 is 10.2 Å². The molecule has 0 heterocycles. The highest BCUT2D eigenvalue weighted by molar-refractivity contribution is 9.10. The Hall–Kier alpha value is -1.16. The van der Waals surface area contributed by atoms with Crippen molar-refractivity contribution < 1.29 is 10.2 Å². The van der Waals surface area contributed by atoms with E-state index < -0.39 is 5.41 Å². The Morgan fingerprint density at radius 1 is 0.950 bits per heavy atom. The SMILES string of the molecule is Cc1ccccc1C(CO)(CO)Cc1ccc(Br)cc1. The van der Waals surface area contributed by atoms with Crippen LogP contribution in [0.15, 0.2) is 53.0 Å². The number of aryl methyl sites for hydroxylation is 1. The monoisotopic (exact) mass is 334 g/mol. The molecule has 106 valence electrons. The first-order chi connectivity index (χ1) is 9.61. The van der Waals surface area contributed by atoms with Crippen molar-refractivity contribution in [2.75, 3.05) is 13.2 Å². The van der Waals surface area contributed by atoms with Gasteiger partial charge in [-0.15, -0.1) is 0 Å². The topological polar surface area (TPSA) is 40.5 Å². The summed E-state index contributed by atoms with van der Waals surface area (Å²) in [6.07, 6.45) is 0.609. The summed E-state index contributed by atoms with van der Waals surface area (Å²) in [6.45, 7) is 1.85. The Morgan fingerprint density at radius 3 is 2.10 bits per heavy atom. The maximum Gasteiger partial charge on any atom is 0.0553 e. The number of aliphatic hydroxyl groups excluding tert-OH is 2. The van der Waals surface area contributed by atoms with Crippen LogP contribution in [0.5, 0.6) is 0 Å². The molecule has 3 heteroatoms. The minimum Gasteiger partial charge on any atom is -0.395 e. The van der Waals surface area contributed by atoms with Crippen LogP contribution in [0, 0.1) is 6.92 Å². The van der Waals surface area contributed by atoms with Crippen molar-refractivity contribution in [3.63, 3.8) is 0 Å². The normalized spacial score (nSPS) is 11.6. The average molecular weight is 335 g/mol. The average Bonchev–Trinajstić information content (AvgIpc) is 2.48. The number of aliphatic hydroxyl groups is 2. The van der Waals surface area contributed by atoms with Crippen molar-refractivity contribution >= 4 is 15.9 Å². The third kappa shape index (κ3) is 3.11. The Labute approximate surface area is 128 Å². The molecule has 2 aromatic rings. The van der Waals surface area contributed by atoms with E-state index in [1.807, 2.05) is 55.5 Å². The van der Waals surface area contributed by atoms with E-state index in [-0.39, 0.29) is 13.2 Å². The van der Waals surface area contributed by atoms with E-state index in [2.05, 4.69) is 15.9 Å². The first-order valence-corrected chi connectivity index (χ1v) is 7.43. The van der Waals surface area contributed by atoms with Gasteiger partial charge in [-0.1, -0.05) is 52.3 Å². The summed E-state index contributed by atoms with van der Waals surface area (Å²) in [5.74, 6) is 0. The fraction of sp³-hybridized carbons (Fsp3) is 0.294. The second kappa shape index (κ2) is 6.53. The number of hydrogen-bond acceptors (Lipinski definition) is 2. The molecular formula is C17H19BrO2. The van der Waals surface area contributed by atoms with Crippen LogP contribution in [0.1, 0.15) is 16.7 Å². The summed E-state index contributed by atoms with van der Waals surface area (Å²) in [6, 6.07) is 15.9. The molecule has 2 rings (SSSR count). The molecule has 2 nitrogen and oxygen atoms in total. The van der Waals surface area contributed by atoms with E-state index in [1.54, 1.807) is 0 Å². The number of rotatable bonds is 5. The van der Waals surface area contributed by atoms with Crippen molar-refractivity contribution in [3.05, 3.63) is 69.7 Å². The highest BCUT2D eigenvalue weighted by Crippen LogP contribution is 2.30. The van der Waals surface area contributed by atoms with Crippen molar-refractivity contribution in [1.82, 2.24) is 0 Å². The molecule has 0 spiro atoms. The van der Waals surface area contributed by atoms with E-state index in [0.29, 0.717) is 6.42 Å². The van der Waals surface area contributed by atoms with E-state index >= 15 is 0 Å². The van der Waals surface area contributed by atoms with Crippen LogP contribution in [0.2, 0.25) is 0 Å². The van der Waals surface area contributed by atoms with Gasteiger partial charge in [-0.25, -0.2) is 0 Å². The fourth-order valence-electron chi connectivity index (χ4n) is 2.59. The van der Waals surface area contributed by atoms with Gasteiger partial charge >= 0.3 is 0 Å². The van der Waals surface area contributed by atoms with Gasteiger partial charge in [0, 0.05) is 9.89 Å². The molecule has 0 aliphatic rings. The second-order valence-corrected chi connectivity index (χ2v) is 6.13. The number of hydrogen-bond donors (Lipinski definition) is 2. The lowest BCUT2D eigenvalue weighted by molar-refractivity contribution is 0.116. The number of benzene rings is 2. The van der Waals surface area contributed by atoms with Crippen LogP contribution in [0.25, 0.3) is 0 Å². The quantitative estimate of drug-likeness (QED) is 0.881. The van der Waals surface area contributed by atoms with Gasteiger partial charge in [-0.3, -0.25) is 0 Å². The summed E-state index contributed by atoms with van der Waals surface area (Å²) in [4.78, 5) is 0. The van der Waals surface area contributed by atoms with Gasteiger partial charge in [0.2, 0.25) is 0 Å². The van der Waals surface area contributed by atoms with Gasteiger partial charge in [-0.05, 0) is 42.2 Å². The Kier molecular flexibility index (Phi) is 4.97. The maximum atomic E-state index is 9.90. The molecular weight excluding hydrogens is 316 g/mol. The van der Waals surface area contributed by atoms with Gasteiger partial charge in [0.05, 0.1) is 13.2 Å². The molecule has 0 atom stereocenters. The molecule has 0 saturated heterocycles. The zero-order valence-corrected chi connectivity index (χ0v) is 13.1. The zero-order valence-electron chi connectivity index (χ0n) is 11.5. The largest absolute Gasteiger partial charge is 0.395 e. The predicted octanol–water partition coefficient (Wildman–Crippen LogP) is 3.22. The predicted molar refractivity (Wildman–Crippen MR) is 84.9 cm³/mol. The highest BCUT2D eigenvalue weighted by Gasteiger charge is 2.32. The van der Waals surface area contributed by atoms with Crippen molar-refractivity contribution in [3.8, 4) is 0 Å². The van der Waals surface area contributed by atoms with Gasteiger partial charge in [0.1, 0.15) is 0 Å². The van der Waals surface area contributed by atoms with Crippen LogP contribution in [-0.2, 0) is 11.8 Å². The Balaban J connectivity index is 2.39. The lowest BCUT2D eigenvalue weighted by atomic mass is 9.75. The molecule has 0 aliphatic carbocycles. The van der Waals surface area contributed by atoms with Gasteiger partial charge in [0.15, 0.2) is 0 Å². The maximum absolute atomic E-state index is 9.90. The second-order valence-electron chi connectivity index (χ2n) is 5.21.